The number of quaternary nitrogens is 1. The fourth-order valence-corrected chi connectivity index (χ4v) is 2.02. The molecule has 0 fully saturated rings. The standard InChI is InChI=1S/C7H15NO5S.Na/c1-8(2,3)5-6(4-7(9)10)14(11,12)13;/h6H,4-5H2,1-3H3,(H-,9,10,11,12,13);/q;+1/p-1/t6-;/m1./s1. The smallest absolute Gasteiger partial charge is 0.748 e. The average molecular weight is 247 g/mol. The number of carboxylic acids is 1. The quantitative estimate of drug-likeness (QED) is 0.275. The summed E-state index contributed by atoms with van der Waals surface area (Å²) >= 11 is 0. The first kappa shape index (κ1) is 17.7. The van der Waals surface area contributed by atoms with Crippen molar-refractivity contribution in [3.8, 4) is 0 Å². The van der Waals surface area contributed by atoms with Gasteiger partial charge in [0.05, 0.1) is 27.7 Å². The maximum Gasteiger partial charge on any atom is 1.00 e. The zero-order valence-electron chi connectivity index (χ0n) is 9.39. The van der Waals surface area contributed by atoms with Crippen molar-refractivity contribution in [2.75, 3.05) is 27.7 Å². The van der Waals surface area contributed by atoms with Gasteiger partial charge in [-0.3, -0.25) is 0 Å². The molecule has 84 valence electrons. The van der Waals surface area contributed by atoms with Crippen LogP contribution in [0.15, 0.2) is 0 Å². The first-order valence-corrected chi connectivity index (χ1v) is 5.44. The molecule has 0 spiro atoms. The average Bonchev–Trinajstić information content (AvgIpc) is 1.78. The molecule has 0 aromatic carbocycles. The molecule has 0 amide bonds. The summed E-state index contributed by atoms with van der Waals surface area (Å²) in [5.41, 5.74) is 0. The number of rotatable bonds is 5. The van der Waals surface area contributed by atoms with Crippen LogP contribution in [0.3, 0.4) is 0 Å². The molecular weight excluding hydrogens is 233 g/mol. The first-order valence-electron chi connectivity index (χ1n) is 3.97. The van der Waals surface area contributed by atoms with Gasteiger partial charge in [-0.1, -0.05) is 0 Å². The second-order valence-electron chi connectivity index (χ2n) is 4.16. The maximum absolute atomic E-state index is 10.7. The molecule has 0 aromatic rings. The summed E-state index contributed by atoms with van der Waals surface area (Å²) in [5.74, 6) is -1.53. The van der Waals surface area contributed by atoms with Crippen LogP contribution in [-0.2, 0) is 14.9 Å². The monoisotopic (exact) mass is 247 g/mol. The van der Waals surface area contributed by atoms with E-state index in [9.17, 15) is 22.9 Å². The molecule has 0 aromatic heterocycles. The van der Waals surface area contributed by atoms with E-state index >= 15 is 0 Å². The molecule has 0 N–H and O–H groups in total. The van der Waals surface area contributed by atoms with Crippen molar-refractivity contribution in [1.29, 1.82) is 0 Å². The van der Waals surface area contributed by atoms with E-state index < -0.39 is 27.8 Å². The zero-order chi connectivity index (χ0) is 11.6. The number of hydrogen-bond acceptors (Lipinski definition) is 5. The molecule has 15 heavy (non-hydrogen) atoms. The minimum atomic E-state index is -4.58. The Kier molecular flexibility index (Phi) is 7.29. The topological polar surface area (TPSA) is 97.3 Å². The minimum absolute atomic E-state index is 0. The fourth-order valence-electron chi connectivity index (χ4n) is 1.05. The summed E-state index contributed by atoms with van der Waals surface area (Å²) < 4.78 is 32.3. The second kappa shape index (κ2) is 6.17. The van der Waals surface area contributed by atoms with Gasteiger partial charge in [0.25, 0.3) is 0 Å². The van der Waals surface area contributed by atoms with Crippen molar-refractivity contribution < 1.29 is 56.9 Å². The summed E-state index contributed by atoms with van der Waals surface area (Å²) in [7, 11) is 0.443. The van der Waals surface area contributed by atoms with Gasteiger partial charge in [0.1, 0.15) is 15.4 Å². The van der Waals surface area contributed by atoms with Gasteiger partial charge in [-0.05, 0) is 0 Å². The van der Waals surface area contributed by atoms with E-state index in [2.05, 4.69) is 0 Å². The molecule has 6 nitrogen and oxygen atoms in total. The maximum atomic E-state index is 10.7. The molecule has 1 atom stereocenters. The van der Waals surface area contributed by atoms with Crippen LogP contribution >= 0.6 is 0 Å². The van der Waals surface area contributed by atoms with Crippen LogP contribution < -0.4 is 34.7 Å². The predicted octanol–water partition coefficient (Wildman–Crippen LogP) is -5.25. The fraction of sp³-hybridized carbons (Fsp3) is 0.857. The first-order chi connectivity index (χ1) is 6.02. The van der Waals surface area contributed by atoms with E-state index in [1.54, 1.807) is 21.1 Å². The van der Waals surface area contributed by atoms with Crippen LogP contribution in [0.4, 0.5) is 0 Å². The van der Waals surface area contributed by atoms with Crippen LogP contribution in [-0.4, -0.2) is 56.4 Å². The summed E-state index contributed by atoms with van der Waals surface area (Å²) in [6, 6.07) is 0. The van der Waals surface area contributed by atoms with Crippen LogP contribution in [0.1, 0.15) is 6.42 Å². The Morgan fingerprint density at radius 3 is 1.93 bits per heavy atom. The molecule has 0 bridgehead atoms. The molecule has 0 radical (unpaired) electrons. The number of nitrogens with zero attached hydrogens (tertiary/aromatic N) is 1. The number of aliphatic carboxylic acids is 1. The Balaban J connectivity index is 0. The molecule has 0 unspecified atom stereocenters. The molecule has 8 heteroatoms. The number of carbonyl (C=O) groups excluding carboxylic acids is 1. The van der Waals surface area contributed by atoms with Crippen LogP contribution in [0.5, 0.6) is 0 Å². The van der Waals surface area contributed by atoms with Gasteiger partial charge in [-0.15, -0.1) is 0 Å². The van der Waals surface area contributed by atoms with Crippen LogP contribution in [0.2, 0.25) is 0 Å². The van der Waals surface area contributed by atoms with Gasteiger partial charge in [-0.25, -0.2) is 8.42 Å². The van der Waals surface area contributed by atoms with Crippen molar-refractivity contribution in [2.24, 2.45) is 0 Å². The van der Waals surface area contributed by atoms with E-state index in [1.807, 2.05) is 0 Å². The van der Waals surface area contributed by atoms with E-state index in [4.69, 9.17) is 0 Å². The van der Waals surface area contributed by atoms with E-state index in [0.717, 1.165) is 0 Å². The Bertz CT molecular complexity index is 308. The third kappa shape index (κ3) is 9.28. The van der Waals surface area contributed by atoms with Gasteiger partial charge in [-0.2, -0.15) is 0 Å². The Hall–Kier alpha value is 0.340. The molecule has 0 saturated heterocycles. The zero-order valence-corrected chi connectivity index (χ0v) is 12.2. The number of hydrogen-bond donors (Lipinski definition) is 0. The van der Waals surface area contributed by atoms with E-state index in [-0.39, 0.29) is 40.6 Å². The predicted molar refractivity (Wildman–Crippen MR) is 46.0 cm³/mol. The SMILES string of the molecule is C[N+](C)(C)C[C@@H](CC(=O)[O-])S(=O)(=O)[O-].[Na+]. The van der Waals surface area contributed by atoms with Gasteiger partial charge in [0.2, 0.25) is 0 Å². The number of carbonyl (C=O) groups is 1. The van der Waals surface area contributed by atoms with E-state index in [0.29, 0.717) is 0 Å². The summed E-state index contributed by atoms with van der Waals surface area (Å²) in [5, 5.41) is 8.80. The molecular formula is C7H14NNaO5S. The van der Waals surface area contributed by atoms with Crippen LogP contribution in [0.25, 0.3) is 0 Å². The summed E-state index contributed by atoms with van der Waals surface area (Å²) in [6.45, 7) is -0.0419. The Morgan fingerprint density at radius 1 is 1.33 bits per heavy atom. The molecule has 0 aliphatic carbocycles. The molecule has 0 aliphatic rings. The minimum Gasteiger partial charge on any atom is -0.748 e. The summed E-state index contributed by atoms with van der Waals surface area (Å²) in [6.07, 6.45) is -0.749. The van der Waals surface area contributed by atoms with Crippen LogP contribution in [0, 0.1) is 0 Å². The van der Waals surface area contributed by atoms with Gasteiger partial charge in [0.15, 0.2) is 0 Å². The van der Waals surface area contributed by atoms with Crippen molar-refractivity contribution in [2.45, 2.75) is 11.7 Å². The van der Waals surface area contributed by atoms with Crippen molar-refractivity contribution in [3.05, 3.63) is 0 Å². The Labute approximate surface area is 112 Å². The van der Waals surface area contributed by atoms with Gasteiger partial charge < -0.3 is 18.9 Å². The van der Waals surface area contributed by atoms with Crippen molar-refractivity contribution in [1.82, 2.24) is 0 Å². The van der Waals surface area contributed by atoms with Gasteiger partial charge in [0, 0.05) is 12.4 Å². The third-order valence-corrected chi connectivity index (χ3v) is 2.69. The summed E-state index contributed by atoms with van der Waals surface area (Å²) in [4.78, 5) is 10.2. The molecule has 0 heterocycles. The molecule has 0 aliphatic heterocycles. The normalized spacial score (nSPS) is 14.1. The second-order valence-corrected chi connectivity index (χ2v) is 5.82. The van der Waals surface area contributed by atoms with Crippen molar-refractivity contribution >= 4 is 16.1 Å². The molecule has 0 rings (SSSR count). The van der Waals surface area contributed by atoms with Crippen molar-refractivity contribution in [3.63, 3.8) is 0 Å². The van der Waals surface area contributed by atoms with E-state index in [1.165, 1.54) is 0 Å². The largest absolute Gasteiger partial charge is 1.00 e. The third-order valence-electron chi connectivity index (χ3n) is 1.55. The number of carboxylic acid groups (broad SMARTS) is 1. The molecule has 0 saturated carbocycles. The van der Waals surface area contributed by atoms with Gasteiger partial charge >= 0.3 is 29.6 Å². The Morgan fingerprint density at radius 2 is 1.73 bits per heavy atom.